The zero-order chi connectivity index (χ0) is 19.4. The highest BCUT2D eigenvalue weighted by atomic mass is 16.5. The first-order chi connectivity index (χ1) is 13.0. The van der Waals surface area contributed by atoms with E-state index in [1.165, 1.54) is 12.1 Å². The van der Waals surface area contributed by atoms with Gasteiger partial charge in [0.1, 0.15) is 17.6 Å². The number of ether oxygens (including phenoxy) is 3. The molecule has 0 aliphatic carbocycles. The molecule has 0 saturated carbocycles. The van der Waals surface area contributed by atoms with Crippen molar-refractivity contribution < 1.29 is 23.4 Å². The number of likely N-dealkylation sites (tertiary alicyclic amines) is 1. The topological polar surface area (TPSA) is 78.2 Å². The van der Waals surface area contributed by atoms with E-state index >= 15 is 0 Å². The number of carbonyl (C=O) groups excluding carboxylic acids is 1. The van der Waals surface area contributed by atoms with Gasteiger partial charge < -0.3 is 23.5 Å². The predicted octanol–water partition coefficient (Wildman–Crippen LogP) is 2.27. The maximum Gasteiger partial charge on any atom is 0.339 e. The van der Waals surface area contributed by atoms with Gasteiger partial charge in [-0.2, -0.15) is 0 Å². The molecule has 0 atom stereocenters. The van der Waals surface area contributed by atoms with Crippen molar-refractivity contribution in [1.82, 2.24) is 4.90 Å². The van der Waals surface area contributed by atoms with Crippen molar-refractivity contribution in [1.29, 1.82) is 0 Å². The molecule has 1 fully saturated rings. The lowest BCUT2D eigenvalue weighted by atomic mass is 10.1. The molecule has 0 bridgehead atoms. The fraction of sp³-hybridized carbons (Fsp3) is 0.300. The van der Waals surface area contributed by atoms with Crippen molar-refractivity contribution in [2.24, 2.45) is 0 Å². The molecule has 7 heteroatoms. The molecule has 3 rings (SSSR count). The van der Waals surface area contributed by atoms with Crippen LogP contribution in [0.25, 0.3) is 6.08 Å². The summed E-state index contributed by atoms with van der Waals surface area (Å²) in [5.41, 5.74) is 0.385. The Morgan fingerprint density at radius 1 is 1.15 bits per heavy atom. The molecular weight excluding hydrogens is 350 g/mol. The molecule has 0 radical (unpaired) electrons. The van der Waals surface area contributed by atoms with Crippen molar-refractivity contribution in [3.8, 4) is 17.2 Å². The van der Waals surface area contributed by atoms with Gasteiger partial charge in [-0.05, 0) is 30.7 Å². The Labute approximate surface area is 156 Å². The minimum atomic E-state index is -0.449. The van der Waals surface area contributed by atoms with Crippen molar-refractivity contribution in [2.75, 3.05) is 27.3 Å². The van der Waals surface area contributed by atoms with E-state index < -0.39 is 5.63 Å². The molecule has 0 N–H and O–H groups in total. The molecule has 2 aromatic rings. The lowest BCUT2D eigenvalue weighted by molar-refractivity contribution is -0.134. The summed E-state index contributed by atoms with van der Waals surface area (Å²) in [5, 5.41) is 0. The van der Waals surface area contributed by atoms with Crippen LogP contribution in [-0.2, 0) is 4.79 Å². The second kappa shape index (κ2) is 7.99. The quantitative estimate of drug-likeness (QED) is 0.725. The second-order valence-corrected chi connectivity index (χ2v) is 6.15. The average Bonchev–Trinajstić information content (AvgIpc) is 2.61. The van der Waals surface area contributed by atoms with Crippen LogP contribution in [-0.4, -0.2) is 44.2 Å². The number of hydrogen-bond acceptors (Lipinski definition) is 6. The van der Waals surface area contributed by atoms with E-state index in [0.717, 1.165) is 5.56 Å². The van der Waals surface area contributed by atoms with E-state index in [1.807, 2.05) is 6.07 Å². The van der Waals surface area contributed by atoms with Gasteiger partial charge in [-0.15, -0.1) is 0 Å². The van der Waals surface area contributed by atoms with Crippen molar-refractivity contribution >= 4 is 12.0 Å². The van der Waals surface area contributed by atoms with Gasteiger partial charge in [0.05, 0.1) is 33.4 Å². The van der Waals surface area contributed by atoms with Crippen molar-refractivity contribution in [2.45, 2.75) is 13.0 Å². The standard InChI is InChI=1S/C20H21NO6/c1-13-8-15(10-20(23)26-13)27-16-11-21(12-16)19(22)7-5-14-4-6-17(24-2)18(9-14)25-3/h4-10,16H,11-12H2,1-3H3/b7-5+. The van der Waals surface area contributed by atoms with Crippen LogP contribution >= 0.6 is 0 Å². The van der Waals surface area contributed by atoms with Crippen LogP contribution in [0.3, 0.4) is 0 Å². The molecular formula is C20H21NO6. The summed E-state index contributed by atoms with van der Waals surface area (Å²) in [6.07, 6.45) is 3.10. The second-order valence-electron chi connectivity index (χ2n) is 6.15. The van der Waals surface area contributed by atoms with E-state index in [-0.39, 0.29) is 12.0 Å². The van der Waals surface area contributed by atoms with E-state index in [0.29, 0.717) is 36.1 Å². The molecule has 27 heavy (non-hydrogen) atoms. The van der Waals surface area contributed by atoms with Gasteiger partial charge in [0, 0.05) is 12.1 Å². The smallest absolute Gasteiger partial charge is 0.339 e. The van der Waals surface area contributed by atoms with E-state index in [4.69, 9.17) is 18.6 Å². The van der Waals surface area contributed by atoms with Gasteiger partial charge in [0.15, 0.2) is 11.5 Å². The number of rotatable bonds is 6. The molecule has 1 aromatic carbocycles. The van der Waals surface area contributed by atoms with E-state index in [2.05, 4.69) is 0 Å². The summed E-state index contributed by atoms with van der Waals surface area (Å²) in [4.78, 5) is 25.3. The third-order valence-corrected chi connectivity index (χ3v) is 4.16. The first-order valence-corrected chi connectivity index (χ1v) is 8.46. The van der Waals surface area contributed by atoms with Gasteiger partial charge in [-0.25, -0.2) is 4.79 Å². The van der Waals surface area contributed by atoms with Crippen LogP contribution in [0.4, 0.5) is 0 Å². The molecule has 7 nitrogen and oxygen atoms in total. The minimum absolute atomic E-state index is 0.103. The number of aryl methyl sites for hydroxylation is 1. The zero-order valence-corrected chi connectivity index (χ0v) is 15.4. The van der Waals surface area contributed by atoms with E-state index in [9.17, 15) is 9.59 Å². The summed E-state index contributed by atoms with van der Waals surface area (Å²) in [6.45, 7) is 2.62. The largest absolute Gasteiger partial charge is 0.493 e. The summed E-state index contributed by atoms with van der Waals surface area (Å²) in [7, 11) is 3.14. The van der Waals surface area contributed by atoms with Gasteiger partial charge in [0.25, 0.3) is 0 Å². The molecule has 1 aliphatic rings. The van der Waals surface area contributed by atoms with Crippen molar-refractivity contribution in [3.63, 3.8) is 0 Å². The summed E-state index contributed by atoms with van der Waals surface area (Å²) in [5.74, 6) is 2.08. The zero-order valence-electron chi connectivity index (χ0n) is 15.4. The Morgan fingerprint density at radius 3 is 2.56 bits per heavy atom. The number of nitrogens with zero attached hydrogens (tertiary/aromatic N) is 1. The summed E-state index contributed by atoms with van der Waals surface area (Å²) >= 11 is 0. The highest BCUT2D eigenvalue weighted by Crippen LogP contribution is 2.28. The fourth-order valence-electron chi connectivity index (χ4n) is 2.76. The van der Waals surface area contributed by atoms with Gasteiger partial charge >= 0.3 is 5.63 Å². The highest BCUT2D eigenvalue weighted by Gasteiger charge is 2.31. The number of carbonyl (C=O) groups is 1. The van der Waals surface area contributed by atoms with Crippen LogP contribution in [0, 0.1) is 6.92 Å². The third-order valence-electron chi connectivity index (χ3n) is 4.16. The lowest BCUT2D eigenvalue weighted by Crippen LogP contribution is -2.55. The molecule has 1 saturated heterocycles. The molecule has 0 spiro atoms. The van der Waals surface area contributed by atoms with Crippen molar-refractivity contribution in [3.05, 3.63) is 58.2 Å². The molecule has 1 amide bonds. The molecule has 1 aliphatic heterocycles. The maximum atomic E-state index is 12.2. The first-order valence-electron chi connectivity index (χ1n) is 8.46. The van der Waals surface area contributed by atoms with Crippen LogP contribution in [0.1, 0.15) is 11.3 Å². The number of hydrogen-bond donors (Lipinski definition) is 0. The van der Waals surface area contributed by atoms with Crippen LogP contribution < -0.4 is 19.8 Å². The highest BCUT2D eigenvalue weighted by molar-refractivity contribution is 5.92. The number of benzene rings is 1. The lowest BCUT2D eigenvalue weighted by Gasteiger charge is -2.38. The van der Waals surface area contributed by atoms with Crippen LogP contribution in [0.2, 0.25) is 0 Å². The minimum Gasteiger partial charge on any atom is -0.493 e. The van der Waals surface area contributed by atoms with Gasteiger partial charge in [0.2, 0.25) is 5.91 Å². The Morgan fingerprint density at radius 2 is 1.89 bits per heavy atom. The van der Waals surface area contributed by atoms with Crippen LogP contribution in [0.15, 0.2) is 45.6 Å². The number of amides is 1. The molecule has 1 aromatic heterocycles. The fourth-order valence-corrected chi connectivity index (χ4v) is 2.76. The van der Waals surface area contributed by atoms with Gasteiger partial charge in [-0.1, -0.05) is 6.07 Å². The average molecular weight is 371 g/mol. The summed E-state index contributed by atoms with van der Waals surface area (Å²) < 4.78 is 21.0. The van der Waals surface area contributed by atoms with Crippen LogP contribution in [0.5, 0.6) is 17.2 Å². The third kappa shape index (κ3) is 4.49. The normalized spacial score (nSPS) is 14.1. The predicted molar refractivity (Wildman–Crippen MR) is 99.3 cm³/mol. The Bertz CT molecular complexity index is 911. The molecule has 142 valence electrons. The first kappa shape index (κ1) is 18.6. The Hall–Kier alpha value is -3.22. The summed E-state index contributed by atoms with van der Waals surface area (Å²) in [6, 6.07) is 8.39. The molecule has 2 heterocycles. The maximum absolute atomic E-state index is 12.2. The Balaban J connectivity index is 1.54. The Kier molecular flexibility index (Phi) is 5.49. The molecule has 0 unspecified atom stereocenters. The number of methoxy groups -OCH3 is 2. The van der Waals surface area contributed by atoms with E-state index in [1.54, 1.807) is 50.3 Å². The van der Waals surface area contributed by atoms with Gasteiger partial charge in [-0.3, -0.25) is 4.79 Å². The SMILES string of the molecule is COc1ccc(/C=C/C(=O)N2CC(Oc3cc(C)oc(=O)c3)C2)cc1OC. The monoisotopic (exact) mass is 371 g/mol.